The molecule has 2 amide bonds. The van der Waals surface area contributed by atoms with Crippen LogP contribution >= 0.6 is 0 Å². The number of carbonyl (C=O) groups is 2. The standard InChI is InChI=1S/C14H23FN2O2/c1-13(2,3)10-11(18)17(8-7-15)14(4,9-5-6-9)12(19)16-10/h9-10H,5-8H2,1-4H3,(H,16,19). The molecule has 2 rings (SSSR count). The zero-order valence-electron chi connectivity index (χ0n) is 12.1. The molecule has 0 bridgehead atoms. The largest absolute Gasteiger partial charge is 0.342 e. The number of piperazine rings is 1. The van der Waals surface area contributed by atoms with Gasteiger partial charge in [-0.3, -0.25) is 9.59 Å². The Hall–Kier alpha value is -1.13. The van der Waals surface area contributed by atoms with E-state index in [0.29, 0.717) is 0 Å². The molecule has 0 aromatic rings. The molecule has 4 nitrogen and oxygen atoms in total. The second-order valence-electron chi connectivity index (χ2n) is 6.87. The average molecular weight is 270 g/mol. The minimum atomic E-state index is -0.870. The highest BCUT2D eigenvalue weighted by atomic mass is 19.1. The van der Waals surface area contributed by atoms with Gasteiger partial charge in [0.1, 0.15) is 18.3 Å². The number of nitrogens with zero attached hydrogens (tertiary/aromatic N) is 1. The quantitative estimate of drug-likeness (QED) is 0.845. The molecule has 1 saturated heterocycles. The first-order chi connectivity index (χ1) is 8.72. The van der Waals surface area contributed by atoms with Crippen LogP contribution in [0.5, 0.6) is 0 Å². The highest BCUT2D eigenvalue weighted by Gasteiger charge is 2.58. The van der Waals surface area contributed by atoms with Gasteiger partial charge in [-0.2, -0.15) is 0 Å². The molecular weight excluding hydrogens is 247 g/mol. The van der Waals surface area contributed by atoms with Crippen LogP contribution in [0.25, 0.3) is 0 Å². The summed E-state index contributed by atoms with van der Waals surface area (Å²) in [6.07, 6.45) is 1.86. The SMILES string of the molecule is CC(C)(C)C1NC(=O)C(C)(C2CC2)N(CCF)C1=O. The van der Waals surface area contributed by atoms with E-state index in [2.05, 4.69) is 5.32 Å². The van der Waals surface area contributed by atoms with Gasteiger partial charge in [0.25, 0.3) is 0 Å². The molecule has 2 aliphatic rings. The summed E-state index contributed by atoms with van der Waals surface area (Å²) < 4.78 is 12.8. The number of carbonyl (C=O) groups excluding carboxylic acids is 2. The Morgan fingerprint density at radius 2 is 1.95 bits per heavy atom. The van der Waals surface area contributed by atoms with Gasteiger partial charge in [0, 0.05) is 0 Å². The van der Waals surface area contributed by atoms with Gasteiger partial charge < -0.3 is 10.2 Å². The van der Waals surface area contributed by atoms with E-state index in [1.807, 2.05) is 20.8 Å². The predicted molar refractivity (Wildman–Crippen MR) is 70.2 cm³/mol. The molecule has 1 aliphatic carbocycles. The van der Waals surface area contributed by atoms with Gasteiger partial charge >= 0.3 is 0 Å². The van der Waals surface area contributed by atoms with E-state index in [-0.39, 0.29) is 29.7 Å². The van der Waals surface area contributed by atoms with Crippen molar-refractivity contribution in [2.24, 2.45) is 11.3 Å². The summed E-state index contributed by atoms with van der Waals surface area (Å²) >= 11 is 0. The van der Waals surface area contributed by atoms with Crippen LogP contribution in [0.3, 0.4) is 0 Å². The van der Waals surface area contributed by atoms with Gasteiger partial charge in [-0.15, -0.1) is 0 Å². The van der Waals surface area contributed by atoms with Crippen LogP contribution in [0.4, 0.5) is 4.39 Å². The fraction of sp³-hybridized carbons (Fsp3) is 0.857. The van der Waals surface area contributed by atoms with Crippen LogP contribution in [0, 0.1) is 11.3 Å². The summed E-state index contributed by atoms with van der Waals surface area (Å²) in [5.41, 5.74) is -1.24. The molecule has 1 N–H and O–H groups in total. The normalized spacial score (nSPS) is 32.5. The fourth-order valence-corrected chi connectivity index (χ4v) is 2.91. The Balaban J connectivity index is 2.34. The molecule has 0 aromatic heterocycles. The summed E-state index contributed by atoms with van der Waals surface area (Å²) in [6.45, 7) is 6.88. The minimum Gasteiger partial charge on any atom is -0.342 e. The fourth-order valence-electron chi connectivity index (χ4n) is 2.91. The van der Waals surface area contributed by atoms with Crippen molar-refractivity contribution in [2.75, 3.05) is 13.2 Å². The highest BCUT2D eigenvalue weighted by molar-refractivity contribution is 6.00. The molecule has 1 saturated carbocycles. The van der Waals surface area contributed by atoms with Crippen molar-refractivity contribution in [1.29, 1.82) is 0 Å². The van der Waals surface area contributed by atoms with Crippen molar-refractivity contribution >= 4 is 11.8 Å². The number of nitrogens with one attached hydrogen (secondary N) is 1. The Labute approximate surface area is 113 Å². The summed E-state index contributed by atoms with van der Waals surface area (Å²) in [7, 11) is 0. The third-order valence-corrected chi connectivity index (χ3v) is 4.36. The second kappa shape index (κ2) is 4.46. The molecule has 0 radical (unpaired) electrons. The first-order valence-electron chi connectivity index (χ1n) is 6.91. The number of amides is 2. The Kier molecular flexibility index (Phi) is 3.35. The van der Waals surface area contributed by atoms with E-state index >= 15 is 0 Å². The molecule has 5 heteroatoms. The molecular formula is C14H23FN2O2. The van der Waals surface area contributed by atoms with Crippen LogP contribution < -0.4 is 5.32 Å². The summed E-state index contributed by atoms with van der Waals surface area (Å²) in [6, 6.07) is -0.571. The third kappa shape index (κ3) is 2.23. The number of hydrogen-bond acceptors (Lipinski definition) is 2. The molecule has 108 valence electrons. The van der Waals surface area contributed by atoms with Crippen LogP contribution in [-0.4, -0.2) is 41.5 Å². The monoisotopic (exact) mass is 270 g/mol. The van der Waals surface area contributed by atoms with Crippen LogP contribution in [0.15, 0.2) is 0 Å². The average Bonchev–Trinajstić information content (AvgIpc) is 3.12. The van der Waals surface area contributed by atoms with Crippen molar-refractivity contribution < 1.29 is 14.0 Å². The number of rotatable bonds is 3. The summed E-state index contributed by atoms with van der Waals surface area (Å²) in [4.78, 5) is 26.5. The lowest BCUT2D eigenvalue weighted by molar-refractivity contribution is -0.161. The lowest BCUT2D eigenvalue weighted by Crippen LogP contribution is -2.72. The molecule has 1 heterocycles. The number of alkyl halides is 1. The number of hydrogen-bond donors (Lipinski definition) is 1. The summed E-state index contributed by atoms with van der Waals surface area (Å²) in [5.74, 6) is -0.119. The molecule has 2 atom stereocenters. The van der Waals surface area contributed by atoms with Crippen molar-refractivity contribution in [1.82, 2.24) is 10.2 Å². The van der Waals surface area contributed by atoms with Crippen molar-refractivity contribution in [3.8, 4) is 0 Å². The van der Waals surface area contributed by atoms with E-state index in [1.165, 1.54) is 4.90 Å². The maximum Gasteiger partial charge on any atom is 0.246 e. The highest BCUT2D eigenvalue weighted by Crippen LogP contribution is 2.45. The van der Waals surface area contributed by atoms with Crippen LogP contribution in [0.1, 0.15) is 40.5 Å². The van der Waals surface area contributed by atoms with Gasteiger partial charge in [-0.25, -0.2) is 4.39 Å². The lowest BCUT2D eigenvalue weighted by atomic mass is 9.80. The first kappa shape index (κ1) is 14.3. The molecule has 2 unspecified atom stereocenters. The zero-order valence-corrected chi connectivity index (χ0v) is 12.1. The van der Waals surface area contributed by atoms with E-state index in [1.54, 1.807) is 6.92 Å². The van der Waals surface area contributed by atoms with Crippen molar-refractivity contribution in [3.05, 3.63) is 0 Å². The third-order valence-electron chi connectivity index (χ3n) is 4.36. The molecule has 2 fully saturated rings. The van der Waals surface area contributed by atoms with Gasteiger partial charge in [0.05, 0.1) is 6.54 Å². The van der Waals surface area contributed by atoms with E-state index < -0.39 is 18.3 Å². The Morgan fingerprint density at radius 3 is 2.37 bits per heavy atom. The van der Waals surface area contributed by atoms with E-state index in [9.17, 15) is 14.0 Å². The topological polar surface area (TPSA) is 49.4 Å². The molecule has 0 aromatic carbocycles. The first-order valence-corrected chi connectivity index (χ1v) is 6.91. The van der Waals surface area contributed by atoms with Crippen LogP contribution in [0.2, 0.25) is 0 Å². The van der Waals surface area contributed by atoms with Crippen LogP contribution in [-0.2, 0) is 9.59 Å². The second-order valence-corrected chi connectivity index (χ2v) is 6.87. The van der Waals surface area contributed by atoms with Crippen molar-refractivity contribution in [2.45, 2.75) is 52.1 Å². The van der Waals surface area contributed by atoms with Gasteiger partial charge in [-0.05, 0) is 31.1 Å². The van der Waals surface area contributed by atoms with Gasteiger partial charge in [0.15, 0.2) is 0 Å². The molecule has 19 heavy (non-hydrogen) atoms. The molecule has 0 spiro atoms. The van der Waals surface area contributed by atoms with Crippen molar-refractivity contribution in [3.63, 3.8) is 0 Å². The summed E-state index contributed by atoms with van der Waals surface area (Å²) in [5, 5.41) is 2.85. The Bertz CT molecular complexity index is 401. The zero-order chi connectivity index (χ0) is 14.4. The minimum absolute atomic E-state index is 0.00579. The Morgan fingerprint density at radius 1 is 1.37 bits per heavy atom. The van der Waals surface area contributed by atoms with Gasteiger partial charge in [-0.1, -0.05) is 20.8 Å². The maximum absolute atomic E-state index is 12.8. The van der Waals surface area contributed by atoms with E-state index in [0.717, 1.165) is 12.8 Å². The van der Waals surface area contributed by atoms with E-state index in [4.69, 9.17) is 0 Å². The maximum atomic E-state index is 12.8. The molecule has 1 aliphatic heterocycles. The lowest BCUT2D eigenvalue weighted by Gasteiger charge is -2.49. The van der Waals surface area contributed by atoms with Gasteiger partial charge in [0.2, 0.25) is 11.8 Å². The predicted octanol–water partition coefficient (Wildman–Crippen LogP) is 1.50. The number of halogens is 1. The smallest absolute Gasteiger partial charge is 0.246 e.